The lowest BCUT2D eigenvalue weighted by atomic mass is 9.83. The van der Waals surface area contributed by atoms with E-state index in [1.807, 2.05) is 0 Å². The summed E-state index contributed by atoms with van der Waals surface area (Å²) in [6.45, 7) is 8.41. The highest BCUT2D eigenvalue weighted by molar-refractivity contribution is 5.62. The van der Waals surface area contributed by atoms with Crippen LogP contribution in [0, 0.1) is 5.92 Å². The van der Waals surface area contributed by atoms with E-state index >= 15 is 0 Å². The number of unbranched alkanes of at least 4 members (excludes halogenated alkanes) is 1. The van der Waals surface area contributed by atoms with Crippen molar-refractivity contribution in [1.82, 2.24) is 25.5 Å². The second-order valence-corrected chi connectivity index (χ2v) is 7.56. The number of ether oxygens (including phenoxy) is 1. The number of nitrogens with zero attached hydrogens (tertiary/aromatic N) is 4. The Morgan fingerprint density at radius 2 is 2.19 bits per heavy atom. The maximum atomic E-state index is 5.86. The van der Waals surface area contributed by atoms with Crippen LogP contribution in [0.25, 0.3) is 6.08 Å². The number of likely N-dealkylation sites (tertiary alicyclic amines) is 1. The van der Waals surface area contributed by atoms with E-state index in [0.717, 1.165) is 50.7 Å². The number of hydrogen-bond donors (Lipinski definition) is 1. The highest BCUT2D eigenvalue weighted by Crippen LogP contribution is 2.33. The summed E-state index contributed by atoms with van der Waals surface area (Å²) in [4.78, 5) is 2.47. The van der Waals surface area contributed by atoms with Gasteiger partial charge in [0.1, 0.15) is 5.75 Å². The smallest absolute Gasteiger partial charge is 0.154 e. The Morgan fingerprint density at radius 1 is 1.31 bits per heavy atom. The van der Waals surface area contributed by atoms with Crippen molar-refractivity contribution in [1.29, 1.82) is 0 Å². The molecule has 1 fully saturated rings. The van der Waals surface area contributed by atoms with E-state index in [9.17, 15) is 0 Å². The van der Waals surface area contributed by atoms with Crippen LogP contribution in [0.4, 0.5) is 0 Å². The lowest BCUT2D eigenvalue weighted by Crippen LogP contribution is -2.46. The molecule has 2 heterocycles. The van der Waals surface area contributed by atoms with E-state index in [1.54, 1.807) is 0 Å². The molecule has 0 bridgehead atoms. The Morgan fingerprint density at radius 3 is 2.96 bits per heavy atom. The molecule has 0 saturated carbocycles. The Balaban J connectivity index is 1.38. The number of fused-ring (bicyclic) bond motifs is 1. The van der Waals surface area contributed by atoms with Gasteiger partial charge in [0.05, 0.1) is 6.61 Å². The first kappa shape index (κ1) is 17.2. The van der Waals surface area contributed by atoms with Crippen LogP contribution < -0.4 is 4.74 Å². The van der Waals surface area contributed by atoms with E-state index in [0.29, 0.717) is 11.8 Å². The minimum Gasteiger partial charge on any atom is -0.494 e. The van der Waals surface area contributed by atoms with Crippen molar-refractivity contribution >= 4 is 6.08 Å². The van der Waals surface area contributed by atoms with Crippen LogP contribution >= 0.6 is 0 Å². The lowest BCUT2D eigenvalue weighted by molar-refractivity contribution is 0.154. The van der Waals surface area contributed by atoms with Crippen LogP contribution in [-0.4, -0.2) is 51.8 Å². The summed E-state index contributed by atoms with van der Waals surface area (Å²) < 4.78 is 5.86. The van der Waals surface area contributed by atoms with Crippen LogP contribution in [0.3, 0.4) is 0 Å². The van der Waals surface area contributed by atoms with Gasteiger partial charge in [0, 0.05) is 25.6 Å². The van der Waals surface area contributed by atoms with Crippen molar-refractivity contribution in [2.45, 2.75) is 39.0 Å². The quantitative estimate of drug-likeness (QED) is 0.775. The molecular formula is C20H27N5O. The van der Waals surface area contributed by atoms with Gasteiger partial charge in [-0.1, -0.05) is 38.0 Å². The number of benzene rings is 1. The van der Waals surface area contributed by atoms with Crippen LogP contribution in [0.1, 0.15) is 49.6 Å². The Kier molecular flexibility index (Phi) is 5.02. The molecule has 1 aliphatic heterocycles. The Hall–Kier alpha value is -2.21. The van der Waals surface area contributed by atoms with Crippen molar-refractivity contribution in [2.24, 2.45) is 5.92 Å². The van der Waals surface area contributed by atoms with Crippen LogP contribution in [0.5, 0.6) is 5.75 Å². The molecular weight excluding hydrogens is 326 g/mol. The molecule has 1 aliphatic carbocycles. The zero-order valence-corrected chi connectivity index (χ0v) is 15.6. The number of hydrogen-bond acceptors (Lipinski definition) is 5. The number of tetrazole rings is 1. The molecule has 2 aromatic rings. The van der Waals surface area contributed by atoms with E-state index < -0.39 is 0 Å². The summed E-state index contributed by atoms with van der Waals surface area (Å²) in [7, 11) is 0. The third-order valence-corrected chi connectivity index (χ3v) is 5.49. The normalized spacial score (nSPS) is 20.4. The first-order valence-electron chi connectivity index (χ1n) is 9.65. The summed E-state index contributed by atoms with van der Waals surface area (Å²) in [6, 6.07) is 6.54. The number of nitrogens with one attached hydrogen (secondary N) is 1. The first-order valence-corrected chi connectivity index (χ1v) is 9.65. The molecule has 1 N–H and O–H groups in total. The molecule has 0 spiro atoms. The molecule has 0 radical (unpaired) electrons. The van der Waals surface area contributed by atoms with Gasteiger partial charge < -0.3 is 4.74 Å². The number of H-pyrrole nitrogens is 1. The molecule has 4 rings (SSSR count). The van der Waals surface area contributed by atoms with Gasteiger partial charge in [-0.3, -0.25) is 4.90 Å². The van der Waals surface area contributed by atoms with E-state index in [4.69, 9.17) is 4.74 Å². The molecule has 26 heavy (non-hydrogen) atoms. The van der Waals surface area contributed by atoms with Gasteiger partial charge in [0.15, 0.2) is 5.82 Å². The van der Waals surface area contributed by atoms with Crippen LogP contribution in [0.15, 0.2) is 23.8 Å². The van der Waals surface area contributed by atoms with Gasteiger partial charge >= 0.3 is 0 Å². The van der Waals surface area contributed by atoms with E-state index in [2.05, 4.69) is 63.6 Å². The fourth-order valence-corrected chi connectivity index (χ4v) is 3.80. The third kappa shape index (κ3) is 3.65. The van der Waals surface area contributed by atoms with E-state index in [1.165, 1.54) is 23.1 Å². The molecule has 6 heteroatoms. The summed E-state index contributed by atoms with van der Waals surface area (Å²) in [5.41, 5.74) is 4.27. The van der Waals surface area contributed by atoms with Crippen molar-refractivity contribution < 1.29 is 4.74 Å². The number of rotatable bonds is 7. The highest BCUT2D eigenvalue weighted by atomic mass is 16.5. The second kappa shape index (κ2) is 7.58. The average molecular weight is 353 g/mol. The number of aromatic nitrogens is 4. The zero-order chi connectivity index (χ0) is 17.9. The van der Waals surface area contributed by atoms with Crippen LogP contribution in [-0.2, 0) is 6.42 Å². The maximum Gasteiger partial charge on any atom is 0.154 e. The molecule has 6 nitrogen and oxygen atoms in total. The minimum absolute atomic E-state index is 0.444. The van der Waals surface area contributed by atoms with Gasteiger partial charge in [-0.15, -0.1) is 5.10 Å². The first-order chi connectivity index (χ1) is 12.7. The topological polar surface area (TPSA) is 66.9 Å². The van der Waals surface area contributed by atoms with E-state index in [-0.39, 0.29) is 0 Å². The van der Waals surface area contributed by atoms with Crippen LogP contribution in [0.2, 0.25) is 0 Å². The Bertz CT molecular complexity index is 765. The third-order valence-electron chi connectivity index (χ3n) is 5.49. The fourth-order valence-electron chi connectivity index (χ4n) is 3.80. The van der Waals surface area contributed by atoms with Gasteiger partial charge in [0.2, 0.25) is 0 Å². The lowest BCUT2D eigenvalue weighted by Gasteiger charge is -2.39. The summed E-state index contributed by atoms with van der Waals surface area (Å²) >= 11 is 0. The summed E-state index contributed by atoms with van der Waals surface area (Å²) in [5, 5.41) is 14.3. The SMILES string of the molecule is CCCCOc1ccc2c(c1)C[C@H](C)C(CN1CC(c3nnn[nH]3)C1)=C2. The molecule has 2 aliphatic rings. The average Bonchev–Trinajstić information content (AvgIpc) is 3.12. The van der Waals surface area contributed by atoms with Crippen molar-refractivity contribution in [3.05, 3.63) is 40.7 Å². The van der Waals surface area contributed by atoms with Gasteiger partial charge in [0.25, 0.3) is 0 Å². The van der Waals surface area contributed by atoms with Gasteiger partial charge in [-0.05, 0) is 52.4 Å². The predicted molar refractivity (Wildman–Crippen MR) is 101 cm³/mol. The molecule has 1 atom stereocenters. The minimum atomic E-state index is 0.444. The van der Waals surface area contributed by atoms with Gasteiger partial charge in [-0.2, -0.15) is 0 Å². The molecule has 138 valence electrons. The maximum absolute atomic E-state index is 5.86. The standard InChI is InChI=1S/C20H27N5O/c1-3-4-7-26-19-6-5-15-9-17(14(2)8-16(15)10-19)11-25-12-18(13-25)20-21-23-24-22-20/h5-6,9-10,14,18H,3-4,7-8,11-13H2,1-2H3,(H,21,22,23,24)/t14-/m0/s1. The predicted octanol–water partition coefficient (Wildman–Crippen LogP) is 3.05. The monoisotopic (exact) mass is 353 g/mol. The zero-order valence-electron chi connectivity index (χ0n) is 15.6. The summed E-state index contributed by atoms with van der Waals surface area (Å²) in [5.74, 6) is 2.93. The largest absolute Gasteiger partial charge is 0.494 e. The Labute approximate surface area is 154 Å². The summed E-state index contributed by atoms with van der Waals surface area (Å²) in [6.07, 6.45) is 5.75. The molecule has 1 aromatic carbocycles. The fraction of sp³-hybridized carbons (Fsp3) is 0.550. The molecule has 0 amide bonds. The molecule has 1 saturated heterocycles. The number of aromatic amines is 1. The van der Waals surface area contributed by atoms with Crippen molar-refractivity contribution in [2.75, 3.05) is 26.2 Å². The second-order valence-electron chi connectivity index (χ2n) is 7.56. The van der Waals surface area contributed by atoms with Crippen molar-refractivity contribution in [3.63, 3.8) is 0 Å². The highest BCUT2D eigenvalue weighted by Gasteiger charge is 2.32. The molecule has 1 aromatic heterocycles. The van der Waals surface area contributed by atoms with Gasteiger partial charge in [-0.25, -0.2) is 5.10 Å². The molecule has 0 unspecified atom stereocenters. The van der Waals surface area contributed by atoms with Crippen molar-refractivity contribution in [3.8, 4) is 5.75 Å².